The summed E-state index contributed by atoms with van der Waals surface area (Å²) in [7, 11) is 1.81. The zero-order valence-corrected chi connectivity index (χ0v) is 17.8. The molecule has 25 heavy (non-hydrogen) atoms. The minimum absolute atomic E-state index is 0. The SMILES string of the molecule is CN=C(NCCC(=O)NCc1ccccc1)N1CC(C)CC(C)C1.I. The number of hydrogen-bond acceptors (Lipinski definition) is 2. The molecule has 140 valence electrons. The Morgan fingerprint density at radius 3 is 2.40 bits per heavy atom. The number of rotatable bonds is 5. The monoisotopic (exact) mass is 458 g/mol. The van der Waals surface area contributed by atoms with E-state index >= 15 is 0 Å². The highest BCUT2D eigenvalue weighted by atomic mass is 127. The van der Waals surface area contributed by atoms with Gasteiger partial charge in [0.25, 0.3) is 0 Å². The zero-order chi connectivity index (χ0) is 17.4. The summed E-state index contributed by atoms with van der Waals surface area (Å²) in [6.07, 6.45) is 1.72. The normalized spacial score (nSPS) is 20.6. The van der Waals surface area contributed by atoms with Crippen molar-refractivity contribution in [2.75, 3.05) is 26.7 Å². The van der Waals surface area contributed by atoms with E-state index in [-0.39, 0.29) is 29.9 Å². The van der Waals surface area contributed by atoms with Gasteiger partial charge in [0, 0.05) is 39.6 Å². The molecule has 1 aliphatic rings. The lowest BCUT2D eigenvalue weighted by Crippen LogP contribution is -2.49. The summed E-state index contributed by atoms with van der Waals surface area (Å²) in [5, 5.41) is 6.28. The molecule has 1 aliphatic heterocycles. The van der Waals surface area contributed by atoms with Crippen molar-refractivity contribution in [1.82, 2.24) is 15.5 Å². The van der Waals surface area contributed by atoms with Crippen molar-refractivity contribution in [2.45, 2.75) is 33.2 Å². The van der Waals surface area contributed by atoms with Crippen LogP contribution in [0.3, 0.4) is 0 Å². The van der Waals surface area contributed by atoms with Gasteiger partial charge in [0.2, 0.25) is 5.91 Å². The summed E-state index contributed by atoms with van der Waals surface area (Å²) in [4.78, 5) is 18.6. The molecule has 2 N–H and O–H groups in total. The highest BCUT2D eigenvalue weighted by Crippen LogP contribution is 2.20. The maximum atomic E-state index is 12.0. The molecule has 1 saturated heterocycles. The van der Waals surface area contributed by atoms with E-state index in [1.54, 1.807) is 0 Å². The van der Waals surface area contributed by atoms with Crippen molar-refractivity contribution >= 4 is 35.8 Å². The molecule has 0 aliphatic carbocycles. The molecule has 1 amide bonds. The number of hydrogen-bond donors (Lipinski definition) is 2. The van der Waals surface area contributed by atoms with Gasteiger partial charge in [0.1, 0.15) is 0 Å². The number of likely N-dealkylation sites (tertiary alicyclic amines) is 1. The molecular formula is C19H31IN4O. The maximum absolute atomic E-state index is 12.0. The predicted molar refractivity (Wildman–Crippen MR) is 114 cm³/mol. The predicted octanol–water partition coefficient (Wildman–Crippen LogP) is 2.86. The Labute approximate surface area is 168 Å². The number of nitrogens with one attached hydrogen (secondary N) is 2. The third kappa shape index (κ3) is 7.63. The molecular weight excluding hydrogens is 427 g/mol. The second kappa shape index (κ2) is 11.3. The molecule has 1 aromatic rings. The van der Waals surface area contributed by atoms with E-state index in [4.69, 9.17) is 0 Å². The molecule has 0 spiro atoms. The largest absolute Gasteiger partial charge is 0.356 e. The molecule has 6 heteroatoms. The number of amides is 1. The lowest BCUT2D eigenvalue weighted by molar-refractivity contribution is -0.121. The van der Waals surface area contributed by atoms with E-state index in [0.29, 0.717) is 31.3 Å². The second-order valence-electron chi connectivity index (χ2n) is 6.84. The summed E-state index contributed by atoms with van der Waals surface area (Å²) in [5.41, 5.74) is 1.12. The second-order valence-corrected chi connectivity index (χ2v) is 6.84. The number of aliphatic imine (C=N–C) groups is 1. The van der Waals surface area contributed by atoms with Crippen LogP contribution in [0.25, 0.3) is 0 Å². The van der Waals surface area contributed by atoms with Crippen LogP contribution in [0.4, 0.5) is 0 Å². The topological polar surface area (TPSA) is 56.7 Å². The first kappa shape index (κ1) is 21.7. The Balaban J connectivity index is 0.00000312. The van der Waals surface area contributed by atoms with E-state index in [2.05, 4.69) is 34.4 Å². The smallest absolute Gasteiger partial charge is 0.222 e. The minimum atomic E-state index is 0. The van der Waals surface area contributed by atoms with Gasteiger partial charge >= 0.3 is 0 Å². The van der Waals surface area contributed by atoms with Gasteiger partial charge in [0.05, 0.1) is 0 Å². The maximum Gasteiger partial charge on any atom is 0.222 e. The number of benzene rings is 1. The van der Waals surface area contributed by atoms with Crippen LogP contribution in [0, 0.1) is 11.8 Å². The van der Waals surface area contributed by atoms with Crippen LogP contribution < -0.4 is 10.6 Å². The molecule has 0 bridgehead atoms. The van der Waals surface area contributed by atoms with Crippen LogP contribution in [0.1, 0.15) is 32.3 Å². The van der Waals surface area contributed by atoms with E-state index in [0.717, 1.165) is 24.6 Å². The first-order chi connectivity index (χ1) is 11.6. The molecule has 5 nitrogen and oxygen atoms in total. The fourth-order valence-corrected chi connectivity index (χ4v) is 3.34. The standard InChI is InChI=1S/C19H30N4O.HI/c1-15-11-16(2)14-23(13-15)19(20-3)21-10-9-18(24)22-12-17-7-5-4-6-8-17;/h4-8,15-16H,9-14H2,1-3H3,(H,20,21)(H,22,24);1H. The summed E-state index contributed by atoms with van der Waals surface area (Å²) in [6, 6.07) is 9.96. The number of carbonyl (C=O) groups excluding carboxylic acids is 1. The summed E-state index contributed by atoms with van der Waals surface area (Å²) in [6.45, 7) is 7.82. The first-order valence-electron chi connectivity index (χ1n) is 8.84. The van der Waals surface area contributed by atoms with Gasteiger partial charge in [-0.15, -0.1) is 24.0 Å². The van der Waals surface area contributed by atoms with Gasteiger partial charge in [-0.25, -0.2) is 0 Å². The molecule has 2 rings (SSSR count). The van der Waals surface area contributed by atoms with Gasteiger partial charge in [-0.05, 0) is 23.8 Å². The van der Waals surface area contributed by atoms with Crippen molar-refractivity contribution in [3.8, 4) is 0 Å². The van der Waals surface area contributed by atoms with Crippen LogP contribution in [-0.4, -0.2) is 43.4 Å². The average Bonchev–Trinajstić information content (AvgIpc) is 2.57. The quantitative estimate of drug-likeness (QED) is 0.406. The van der Waals surface area contributed by atoms with Gasteiger partial charge in [-0.1, -0.05) is 44.2 Å². The van der Waals surface area contributed by atoms with Gasteiger partial charge < -0.3 is 15.5 Å². The lowest BCUT2D eigenvalue weighted by Gasteiger charge is -2.37. The van der Waals surface area contributed by atoms with Gasteiger partial charge in [-0.3, -0.25) is 9.79 Å². The third-order valence-electron chi connectivity index (χ3n) is 4.35. The Kier molecular flexibility index (Phi) is 9.85. The van der Waals surface area contributed by atoms with Gasteiger partial charge in [0.15, 0.2) is 5.96 Å². The Bertz CT molecular complexity index is 540. The van der Waals surface area contributed by atoms with E-state index in [9.17, 15) is 4.79 Å². The molecule has 1 fully saturated rings. The van der Waals surface area contributed by atoms with Gasteiger partial charge in [-0.2, -0.15) is 0 Å². The number of halogens is 1. The van der Waals surface area contributed by atoms with Crippen molar-refractivity contribution in [3.63, 3.8) is 0 Å². The van der Waals surface area contributed by atoms with Crippen LogP contribution in [-0.2, 0) is 11.3 Å². The van der Waals surface area contributed by atoms with E-state index in [1.165, 1.54) is 6.42 Å². The molecule has 2 atom stereocenters. The number of guanidine groups is 1. The molecule has 0 radical (unpaired) electrons. The fourth-order valence-electron chi connectivity index (χ4n) is 3.34. The molecule has 1 heterocycles. The number of nitrogens with zero attached hydrogens (tertiary/aromatic N) is 2. The van der Waals surface area contributed by atoms with Crippen LogP contribution in [0.5, 0.6) is 0 Å². The molecule has 0 saturated carbocycles. The van der Waals surface area contributed by atoms with Crippen molar-refractivity contribution < 1.29 is 4.79 Å². The zero-order valence-electron chi connectivity index (χ0n) is 15.5. The first-order valence-corrected chi connectivity index (χ1v) is 8.84. The summed E-state index contributed by atoms with van der Waals surface area (Å²) < 4.78 is 0. The van der Waals surface area contributed by atoms with Crippen molar-refractivity contribution in [2.24, 2.45) is 16.8 Å². The number of carbonyl (C=O) groups is 1. The summed E-state index contributed by atoms with van der Waals surface area (Å²) >= 11 is 0. The highest BCUT2D eigenvalue weighted by molar-refractivity contribution is 14.0. The molecule has 2 unspecified atom stereocenters. The number of piperidine rings is 1. The minimum Gasteiger partial charge on any atom is -0.356 e. The average molecular weight is 458 g/mol. The fraction of sp³-hybridized carbons (Fsp3) is 0.579. The molecule has 1 aromatic carbocycles. The third-order valence-corrected chi connectivity index (χ3v) is 4.35. The van der Waals surface area contributed by atoms with Crippen LogP contribution in [0.2, 0.25) is 0 Å². The van der Waals surface area contributed by atoms with Crippen molar-refractivity contribution in [1.29, 1.82) is 0 Å². The summed E-state index contributed by atoms with van der Waals surface area (Å²) in [5.74, 6) is 2.33. The van der Waals surface area contributed by atoms with E-state index in [1.807, 2.05) is 37.4 Å². The highest BCUT2D eigenvalue weighted by Gasteiger charge is 2.23. The molecule has 0 aromatic heterocycles. The van der Waals surface area contributed by atoms with Crippen LogP contribution >= 0.6 is 24.0 Å². The Morgan fingerprint density at radius 1 is 1.16 bits per heavy atom. The lowest BCUT2D eigenvalue weighted by atomic mass is 9.92. The Hall–Kier alpha value is -1.31. The van der Waals surface area contributed by atoms with Crippen LogP contribution in [0.15, 0.2) is 35.3 Å². The van der Waals surface area contributed by atoms with E-state index < -0.39 is 0 Å². The van der Waals surface area contributed by atoms with Crippen molar-refractivity contribution in [3.05, 3.63) is 35.9 Å². The Morgan fingerprint density at radius 2 is 1.80 bits per heavy atom.